The molecular formula is C10H14N2O3. The fourth-order valence-electron chi connectivity index (χ4n) is 1.92. The second-order valence-corrected chi connectivity index (χ2v) is 3.75. The molecule has 0 aliphatic carbocycles. The van der Waals surface area contributed by atoms with Crippen LogP contribution in [0.1, 0.15) is 47.4 Å². The third-order valence-corrected chi connectivity index (χ3v) is 2.59. The van der Waals surface area contributed by atoms with E-state index < -0.39 is 5.97 Å². The third-order valence-electron chi connectivity index (χ3n) is 2.59. The van der Waals surface area contributed by atoms with Gasteiger partial charge < -0.3 is 14.8 Å². The van der Waals surface area contributed by atoms with Gasteiger partial charge in [0.1, 0.15) is 5.69 Å². The number of carboxylic acid groups (broad SMARTS) is 1. The molecule has 1 atom stereocenters. The fourth-order valence-corrected chi connectivity index (χ4v) is 1.92. The molecule has 0 saturated carbocycles. The topological polar surface area (TPSA) is 75.4 Å². The van der Waals surface area contributed by atoms with Crippen LogP contribution in [0.4, 0.5) is 0 Å². The summed E-state index contributed by atoms with van der Waals surface area (Å²) in [7, 11) is 0. The Bertz CT molecular complexity index is 367. The molecule has 2 N–H and O–H groups in total. The molecule has 82 valence electrons. The number of nitrogens with zero attached hydrogens (tertiary/aromatic N) is 1. The van der Waals surface area contributed by atoms with Crippen LogP contribution in [0.15, 0.2) is 4.42 Å². The molecule has 15 heavy (non-hydrogen) atoms. The SMILES string of the molecule is Cc1nc(C2CCCCN2)c(C(=O)O)o1. The van der Waals surface area contributed by atoms with Crippen molar-refractivity contribution >= 4 is 5.97 Å². The van der Waals surface area contributed by atoms with E-state index in [1.165, 1.54) is 0 Å². The molecule has 1 aliphatic heterocycles. The Hall–Kier alpha value is -1.36. The molecule has 0 amide bonds. The summed E-state index contributed by atoms with van der Waals surface area (Å²) in [6.07, 6.45) is 3.16. The van der Waals surface area contributed by atoms with Crippen molar-refractivity contribution in [2.45, 2.75) is 32.2 Å². The zero-order valence-corrected chi connectivity index (χ0v) is 8.62. The molecule has 1 fully saturated rings. The summed E-state index contributed by atoms with van der Waals surface area (Å²) < 4.78 is 5.08. The standard InChI is InChI=1S/C10H14N2O3/c1-6-12-8(9(15-6)10(13)14)7-4-2-3-5-11-7/h7,11H,2-5H2,1H3,(H,13,14). The Morgan fingerprint density at radius 3 is 3.00 bits per heavy atom. The van der Waals surface area contributed by atoms with E-state index in [2.05, 4.69) is 10.3 Å². The minimum Gasteiger partial charge on any atom is -0.475 e. The first-order valence-electron chi connectivity index (χ1n) is 5.12. The van der Waals surface area contributed by atoms with Gasteiger partial charge in [0.2, 0.25) is 5.76 Å². The van der Waals surface area contributed by atoms with Gasteiger partial charge in [-0.15, -0.1) is 0 Å². The summed E-state index contributed by atoms with van der Waals surface area (Å²) >= 11 is 0. The van der Waals surface area contributed by atoms with E-state index in [9.17, 15) is 4.79 Å². The quantitative estimate of drug-likeness (QED) is 0.773. The minimum absolute atomic E-state index is 0.0214. The Morgan fingerprint density at radius 1 is 1.60 bits per heavy atom. The molecule has 5 nitrogen and oxygen atoms in total. The number of aryl methyl sites for hydroxylation is 1. The van der Waals surface area contributed by atoms with Crippen molar-refractivity contribution in [2.75, 3.05) is 6.54 Å². The number of carboxylic acids is 1. The van der Waals surface area contributed by atoms with Gasteiger partial charge in [0.25, 0.3) is 0 Å². The number of rotatable bonds is 2. The molecular weight excluding hydrogens is 196 g/mol. The maximum atomic E-state index is 10.9. The predicted octanol–water partition coefficient (Wildman–Crippen LogP) is 1.50. The van der Waals surface area contributed by atoms with Gasteiger partial charge in [-0.2, -0.15) is 0 Å². The summed E-state index contributed by atoms with van der Waals surface area (Å²) in [4.78, 5) is 15.1. The van der Waals surface area contributed by atoms with Crippen LogP contribution in [0.5, 0.6) is 0 Å². The minimum atomic E-state index is -1.04. The molecule has 2 rings (SSSR count). The van der Waals surface area contributed by atoms with Gasteiger partial charge in [-0.1, -0.05) is 6.42 Å². The lowest BCUT2D eigenvalue weighted by atomic mass is 10.0. The van der Waals surface area contributed by atoms with E-state index in [-0.39, 0.29) is 11.8 Å². The van der Waals surface area contributed by atoms with Crippen molar-refractivity contribution in [1.29, 1.82) is 0 Å². The highest BCUT2D eigenvalue weighted by Gasteiger charge is 2.26. The molecule has 1 aromatic heterocycles. The van der Waals surface area contributed by atoms with Gasteiger partial charge >= 0.3 is 5.97 Å². The number of hydrogen-bond donors (Lipinski definition) is 2. The van der Waals surface area contributed by atoms with Crippen LogP contribution >= 0.6 is 0 Å². The Balaban J connectivity index is 2.28. The van der Waals surface area contributed by atoms with E-state index in [1.807, 2.05) is 0 Å². The van der Waals surface area contributed by atoms with Gasteiger partial charge in [-0.3, -0.25) is 0 Å². The second-order valence-electron chi connectivity index (χ2n) is 3.75. The number of nitrogens with one attached hydrogen (secondary N) is 1. The van der Waals surface area contributed by atoms with Gasteiger partial charge in [-0.05, 0) is 19.4 Å². The average Bonchev–Trinajstić information content (AvgIpc) is 2.62. The van der Waals surface area contributed by atoms with Gasteiger partial charge in [0.05, 0.1) is 6.04 Å². The van der Waals surface area contributed by atoms with Gasteiger partial charge in [-0.25, -0.2) is 9.78 Å². The maximum Gasteiger partial charge on any atom is 0.373 e. The van der Waals surface area contributed by atoms with E-state index in [1.54, 1.807) is 6.92 Å². The first kappa shape index (κ1) is 10.2. The van der Waals surface area contributed by atoms with Crippen molar-refractivity contribution in [2.24, 2.45) is 0 Å². The summed E-state index contributed by atoms with van der Waals surface area (Å²) in [5.41, 5.74) is 0.541. The van der Waals surface area contributed by atoms with Crippen LogP contribution < -0.4 is 5.32 Å². The van der Waals surface area contributed by atoms with Crippen molar-refractivity contribution in [3.63, 3.8) is 0 Å². The Morgan fingerprint density at radius 2 is 2.40 bits per heavy atom. The lowest BCUT2D eigenvalue weighted by Crippen LogP contribution is -2.28. The highest BCUT2D eigenvalue weighted by molar-refractivity contribution is 5.85. The van der Waals surface area contributed by atoms with Crippen LogP contribution in [0.25, 0.3) is 0 Å². The van der Waals surface area contributed by atoms with Crippen LogP contribution in [0, 0.1) is 6.92 Å². The van der Waals surface area contributed by atoms with E-state index in [0.29, 0.717) is 11.6 Å². The number of oxazole rings is 1. The number of hydrogen-bond acceptors (Lipinski definition) is 4. The van der Waals surface area contributed by atoms with Crippen molar-refractivity contribution in [3.05, 3.63) is 17.3 Å². The Labute approximate surface area is 87.5 Å². The van der Waals surface area contributed by atoms with Crippen molar-refractivity contribution in [1.82, 2.24) is 10.3 Å². The summed E-state index contributed by atoms with van der Waals surface area (Å²) in [6.45, 7) is 2.58. The molecule has 0 radical (unpaired) electrons. The first-order valence-corrected chi connectivity index (χ1v) is 5.12. The van der Waals surface area contributed by atoms with E-state index >= 15 is 0 Å². The van der Waals surface area contributed by atoms with Crippen LogP contribution in [0.2, 0.25) is 0 Å². The second kappa shape index (κ2) is 4.02. The molecule has 0 aromatic carbocycles. The van der Waals surface area contributed by atoms with Crippen LogP contribution in [-0.2, 0) is 0 Å². The largest absolute Gasteiger partial charge is 0.475 e. The first-order chi connectivity index (χ1) is 7.18. The molecule has 1 aliphatic rings. The summed E-state index contributed by atoms with van der Waals surface area (Å²) in [5, 5.41) is 12.2. The lowest BCUT2D eigenvalue weighted by molar-refractivity contribution is 0.0657. The fraction of sp³-hybridized carbons (Fsp3) is 0.600. The average molecular weight is 210 g/mol. The van der Waals surface area contributed by atoms with Crippen LogP contribution in [0.3, 0.4) is 0 Å². The smallest absolute Gasteiger partial charge is 0.373 e. The van der Waals surface area contributed by atoms with Crippen molar-refractivity contribution < 1.29 is 14.3 Å². The molecule has 1 saturated heterocycles. The highest BCUT2D eigenvalue weighted by Crippen LogP contribution is 2.25. The van der Waals surface area contributed by atoms with E-state index in [4.69, 9.17) is 9.52 Å². The number of piperidine rings is 1. The zero-order chi connectivity index (χ0) is 10.8. The predicted molar refractivity (Wildman–Crippen MR) is 52.8 cm³/mol. The molecule has 1 unspecified atom stereocenters. The number of carbonyl (C=O) groups is 1. The lowest BCUT2D eigenvalue weighted by Gasteiger charge is -2.21. The zero-order valence-electron chi connectivity index (χ0n) is 8.62. The maximum absolute atomic E-state index is 10.9. The van der Waals surface area contributed by atoms with Gasteiger partial charge in [0, 0.05) is 6.92 Å². The van der Waals surface area contributed by atoms with E-state index in [0.717, 1.165) is 25.8 Å². The number of aromatic carboxylic acids is 1. The molecule has 0 spiro atoms. The van der Waals surface area contributed by atoms with Gasteiger partial charge in [0.15, 0.2) is 5.89 Å². The third kappa shape index (κ3) is 2.02. The monoisotopic (exact) mass is 210 g/mol. The summed E-state index contributed by atoms with van der Waals surface area (Å²) in [5.74, 6) is -0.653. The molecule has 5 heteroatoms. The molecule has 2 heterocycles. The molecule has 1 aromatic rings. The molecule has 0 bridgehead atoms. The normalized spacial score (nSPS) is 21.5. The summed E-state index contributed by atoms with van der Waals surface area (Å²) in [6, 6.07) is 0.0299. The Kier molecular flexibility index (Phi) is 2.73. The van der Waals surface area contributed by atoms with Crippen LogP contribution in [-0.4, -0.2) is 22.6 Å². The highest BCUT2D eigenvalue weighted by atomic mass is 16.4. The number of aromatic nitrogens is 1. The van der Waals surface area contributed by atoms with Crippen molar-refractivity contribution in [3.8, 4) is 0 Å².